The van der Waals surface area contributed by atoms with Crippen molar-refractivity contribution in [2.45, 2.75) is 11.5 Å². The Hall–Kier alpha value is -2.30. The normalized spacial score (nSPS) is 14.7. The van der Waals surface area contributed by atoms with Crippen molar-refractivity contribution >= 4 is 33.2 Å². The van der Waals surface area contributed by atoms with Crippen LogP contribution in [0.15, 0.2) is 47.4 Å². The highest BCUT2D eigenvalue weighted by Gasteiger charge is 2.27. The van der Waals surface area contributed by atoms with E-state index in [1.54, 1.807) is 6.07 Å². The van der Waals surface area contributed by atoms with E-state index in [1.807, 2.05) is 4.90 Å². The summed E-state index contributed by atoms with van der Waals surface area (Å²) < 4.78 is 61.1. The molecule has 0 radical (unpaired) electrons. The molecule has 3 rings (SSSR count). The molecule has 0 aromatic heterocycles. The Labute approximate surface area is 172 Å². The summed E-state index contributed by atoms with van der Waals surface area (Å²) in [6.07, 6.45) is 0. The molecule has 11 heteroatoms. The zero-order valence-corrected chi connectivity index (χ0v) is 17.1. The Morgan fingerprint density at radius 1 is 1.17 bits per heavy atom. The lowest BCUT2D eigenvalue weighted by molar-refractivity contribution is -0.0498. The van der Waals surface area contributed by atoms with E-state index in [-0.39, 0.29) is 16.3 Å². The average molecular weight is 448 g/mol. The fourth-order valence-corrected chi connectivity index (χ4v) is 4.40. The summed E-state index contributed by atoms with van der Waals surface area (Å²) in [6, 6.07) is 9.59. The monoisotopic (exact) mass is 447 g/mol. The van der Waals surface area contributed by atoms with Gasteiger partial charge in [0.1, 0.15) is 11.5 Å². The number of ether oxygens (including phenoxy) is 2. The molecule has 0 spiro atoms. The summed E-state index contributed by atoms with van der Waals surface area (Å²) in [6.45, 7) is -0.124. The molecule has 2 aromatic rings. The lowest BCUT2D eigenvalue weighted by Crippen LogP contribution is -2.43. The Morgan fingerprint density at radius 3 is 2.55 bits per heavy atom. The largest absolute Gasteiger partial charge is 0.495 e. The zero-order valence-electron chi connectivity index (χ0n) is 15.5. The van der Waals surface area contributed by atoms with E-state index < -0.39 is 16.6 Å². The molecule has 7 nitrogen and oxygen atoms in total. The summed E-state index contributed by atoms with van der Waals surface area (Å²) in [5, 5.41) is 3.23. The molecule has 0 saturated carbocycles. The van der Waals surface area contributed by atoms with E-state index in [2.05, 4.69) is 10.1 Å². The minimum Gasteiger partial charge on any atom is -0.495 e. The molecule has 1 N–H and O–H groups in total. The van der Waals surface area contributed by atoms with Gasteiger partial charge in [-0.3, -0.25) is 0 Å². The van der Waals surface area contributed by atoms with Gasteiger partial charge in [0.2, 0.25) is 0 Å². The van der Waals surface area contributed by atoms with Gasteiger partial charge < -0.3 is 19.7 Å². The van der Waals surface area contributed by atoms with Crippen LogP contribution in [-0.2, 0) is 10.0 Å². The van der Waals surface area contributed by atoms with E-state index in [0.29, 0.717) is 28.4 Å². The van der Waals surface area contributed by atoms with Crippen LogP contribution in [0.5, 0.6) is 11.5 Å². The minimum atomic E-state index is -4.17. The molecule has 1 fully saturated rings. The quantitative estimate of drug-likeness (QED) is 0.658. The van der Waals surface area contributed by atoms with Crippen LogP contribution in [0.1, 0.15) is 0 Å². The maximum atomic E-state index is 13.0. The van der Waals surface area contributed by atoms with Crippen LogP contribution in [0, 0.1) is 0 Å². The molecule has 1 aliphatic heterocycles. The fraction of sp³-hybridized carbons (Fsp3) is 0.333. The molecule has 0 amide bonds. The third kappa shape index (κ3) is 4.82. The molecule has 1 aliphatic rings. The number of hydrogen-bond acceptors (Lipinski definition) is 6. The van der Waals surface area contributed by atoms with Gasteiger partial charge in [0, 0.05) is 44.0 Å². The SMILES string of the molecule is COc1ccc(S(=O)(=O)N(Cl)c2cccc(OC(F)F)c2)cc1N1CCNCC1. The topological polar surface area (TPSA) is 71.1 Å². The highest BCUT2D eigenvalue weighted by atomic mass is 35.5. The minimum absolute atomic E-state index is 0.0237. The first kappa shape index (κ1) is 21.4. The molecular weight excluding hydrogens is 428 g/mol. The number of anilines is 2. The molecule has 0 bridgehead atoms. The summed E-state index contributed by atoms with van der Waals surface area (Å²) in [7, 11) is -2.65. The summed E-state index contributed by atoms with van der Waals surface area (Å²) in [5.74, 6) is 0.342. The number of halogens is 3. The van der Waals surface area contributed by atoms with Crippen molar-refractivity contribution in [3.8, 4) is 11.5 Å². The van der Waals surface area contributed by atoms with Crippen LogP contribution >= 0.6 is 11.8 Å². The van der Waals surface area contributed by atoms with E-state index in [4.69, 9.17) is 16.5 Å². The maximum Gasteiger partial charge on any atom is 0.387 e. The second-order valence-corrected chi connectivity index (χ2v) is 8.49. The molecule has 1 heterocycles. The number of rotatable bonds is 7. The molecule has 0 aliphatic carbocycles. The number of nitrogens with zero attached hydrogens (tertiary/aromatic N) is 2. The molecule has 2 aromatic carbocycles. The highest BCUT2D eigenvalue weighted by molar-refractivity contribution is 7.94. The maximum absolute atomic E-state index is 13.0. The van der Waals surface area contributed by atoms with Gasteiger partial charge in [-0.25, -0.2) is 0 Å². The van der Waals surface area contributed by atoms with Crippen molar-refractivity contribution in [3.05, 3.63) is 42.5 Å². The van der Waals surface area contributed by atoms with Gasteiger partial charge in [-0.15, -0.1) is 0 Å². The van der Waals surface area contributed by atoms with E-state index in [0.717, 1.165) is 19.2 Å². The molecule has 29 heavy (non-hydrogen) atoms. The molecule has 158 valence electrons. The predicted molar refractivity (Wildman–Crippen MR) is 107 cm³/mol. The van der Waals surface area contributed by atoms with Crippen molar-refractivity contribution in [1.82, 2.24) is 5.32 Å². The van der Waals surface area contributed by atoms with Gasteiger partial charge in [0.25, 0.3) is 10.0 Å². The Morgan fingerprint density at radius 2 is 1.90 bits per heavy atom. The van der Waals surface area contributed by atoms with E-state index >= 15 is 0 Å². The first-order valence-electron chi connectivity index (χ1n) is 8.72. The Kier molecular flexibility index (Phi) is 6.66. The average Bonchev–Trinajstić information content (AvgIpc) is 2.73. The Bertz CT molecular complexity index is 956. The molecule has 1 saturated heterocycles. The Balaban J connectivity index is 1.94. The highest BCUT2D eigenvalue weighted by Crippen LogP contribution is 2.35. The standard InChI is InChI=1S/C18H20ClF2N3O4S/c1-27-17-6-5-15(12-16(17)23-9-7-22-8-10-23)29(25,26)24(19)13-3-2-4-14(11-13)28-18(20)21/h2-6,11-12,18,22H,7-10H2,1H3. The molecular formula is C18H20ClF2N3O4S. The van der Waals surface area contributed by atoms with Crippen LogP contribution in [0.3, 0.4) is 0 Å². The van der Waals surface area contributed by atoms with Crippen LogP contribution < -0.4 is 23.5 Å². The van der Waals surface area contributed by atoms with Crippen molar-refractivity contribution in [2.24, 2.45) is 0 Å². The number of alkyl halides is 2. The van der Waals surface area contributed by atoms with Crippen LogP contribution in [0.2, 0.25) is 0 Å². The van der Waals surface area contributed by atoms with Gasteiger partial charge in [0.05, 0.1) is 23.4 Å². The summed E-state index contributed by atoms with van der Waals surface area (Å²) in [5.41, 5.74) is 0.610. The van der Waals surface area contributed by atoms with Crippen LogP contribution in [0.4, 0.5) is 20.2 Å². The predicted octanol–water partition coefficient (Wildman–Crippen LogP) is 3.06. The summed E-state index contributed by atoms with van der Waals surface area (Å²) >= 11 is 6.10. The number of sulfonamides is 1. The smallest absolute Gasteiger partial charge is 0.387 e. The van der Waals surface area contributed by atoms with Crippen molar-refractivity contribution in [3.63, 3.8) is 0 Å². The third-order valence-electron chi connectivity index (χ3n) is 4.36. The van der Waals surface area contributed by atoms with E-state index in [1.165, 1.54) is 37.4 Å². The van der Waals surface area contributed by atoms with Crippen molar-refractivity contribution < 1.29 is 26.7 Å². The van der Waals surface area contributed by atoms with Gasteiger partial charge >= 0.3 is 6.61 Å². The van der Waals surface area contributed by atoms with Gasteiger partial charge in [-0.1, -0.05) is 6.07 Å². The lowest BCUT2D eigenvalue weighted by Gasteiger charge is -2.31. The van der Waals surface area contributed by atoms with Gasteiger partial charge in [0.15, 0.2) is 0 Å². The fourth-order valence-electron chi connectivity index (χ4n) is 2.98. The van der Waals surface area contributed by atoms with E-state index in [9.17, 15) is 17.2 Å². The van der Waals surface area contributed by atoms with Gasteiger partial charge in [-0.05, 0) is 30.3 Å². The number of methoxy groups -OCH3 is 1. The number of hydrogen-bond donors (Lipinski definition) is 1. The summed E-state index contributed by atoms with van der Waals surface area (Å²) in [4.78, 5) is 1.96. The van der Waals surface area contributed by atoms with Crippen molar-refractivity contribution in [2.75, 3.05) is 42.0 Å². The molecule has 0 unspecified atom stereocenters. The second kappa shape index (κ2) is 9.02. The first-order chi connectivity index (χ1) is 13.8. The lowest BCUT2D eigenvalue weighted by atomic mass is 10.2. The second-order valence-electron chi connectivity index (χ2n) is 6.17. The van der Waals surface area contributed by atoms with Crippen LogP contribution in [-0.4, -0.2) is 48.3 Å². The number of nitrogens with one attached hydrogen (secondary N) is 1. The number of piperazine rings is 1. The first-order valence-corrected chi connectivity index (χ1v) is 10.5. The number of benzene rings is 2. The van der Waals surface area contributed by atoms with Crippen molar-refractivity contribution in [1.29, 1.82) is 0 Å². The zero-order chi connectivity index (χ0) is 21.0. The molecule has 0 atom stereocenters. The van der Waals surface area contributed by atoms with Crippen LogP contribution in [0.25, 0.3) is 0 Å². The van der Waals surface area contributed by atoms with Gasteiger partial charge in [-0.2, -0.15) is 21.0 Å². The third-order valence-corrected chi connectivity index (χ3v) is 6.59.